The molecule has 7 nitrogen and oxygen atoms in total. The maximum absolute atomic E-state index is 12.7. The predicted molar refractivity (Wildman–Crippen MR) is 105 cm³/mol. The van der Waals surface area contributed by atoms with Crippen LogP contribution in [0, 0.1) is 0 Å². The van der Waals surface area contributed by atoms with Crippen LogP contribution in [0.1, 0.15) is 18.1 Å². The lowest BCUT2D eigenvalue weighted by Gasteiger charge is -2.29. The van der Waals surface area contributed by atoms with Crippen molar-refractivity contribution in [1.29, 1.82) is 0 Å². The van der Waals surface area contributed by atoms with Gasteiger partial charge in [0, 0.05) is 32.7 Å². The van der Waals surface area contributed by atoms with Crippen LogP contribution in [-0.2, 0) is 29.0 Å². The molecule has 0 radical (unpaired) electrons. The summed E-state index contributed by atoms with van der Waals surface area (Å²) in [6.07, 6.45) is 0.929. The van der Waals surface area contributed by atoms with Gasteiger partial charge in [0.05, 0.1) is 19.0 Å². The normalized spacial score (nSPS) is 17.1. The molecule has 0 atom stereocenters. The molecule has 144 valence electrons. The molecule has 3 heterocycles. The summed E-state index contributed by atoms with van der Waals surface area (Å²) < 4.78 is 7.51. The molecule has 8 heteroatoms. The van der Waals surface area contributed by atoms with Crippen LogP contribution in [-0.4, -0.2) is 64.2 Å². The Kier molecular flexibility index (Phi) is 5.63. The van der Waals surface area contributed by atoms with Crippen molar-refractivity contribution >= 4 is 23.6 Å². The first kappa shape index (κ1) is 18.3. The zero-order valence-electron chi connectivity index (χ0n) is 15.6. The van der Waals surface area contributed by atoms with E-state index < -0.39 is 0 Å². The molecule has 1 fully saturated rings. The number of fused-ring (bicyclic) bond motifs is 1. The van der Waals surface area contributed by atoms with Crippen molar-refractivity contribution in [3.8, 4) is 0 Å². The van der Waals surface area contributed by atoms with Gasteiger partial charge in [-0.2, -0.15) is 0 Å². The number of thioether (sulfide) groups is 1. The molecule has 1 amide bonds. The van der Waals surface area contributed by atoms with Crippen molar-refractivity contribution in [2.75, 3.05) is 43.5 Å². The maximum atomic E-state index is 12.7. The van der Waals surface area contributed by atoms with Gasteiger partial charge in [0.25, 0.3) is 0 Å². The van der Waals surface area contributed by atoms with Crippen molar-refractivity contribution in [2.24, 2.45) is 0 Å². The van der Waals surface area contributed by atoms with Crippen molar-refractivity contribution in [2.45, 2.75) is 31.6 Å². The van der Waals surface area contributed by atoms with E-state index in [0.29, 0.717) is 25.5 Å². The van der Waals surface area contributed by atoms with Crippen molar-refractivity contribution in [3.63, 3.8) is 0 Å². The first-order valence-electron chi connectivity index (χ1n) is 9.49. The summed E-state index contributed by atoms with van der Waals surface area (Å²) >= 11 is 1.48. The molecule has 2 aromatic rings. The summed E-state index contributed by atoms with van der Waals surface area (Å²) in [5, 5.41) is 9.52. The molecule has 2 aliphatic heterocycles. The van der Waals surface area contributed by atoms with Crippen LogP contribution in [0.25, 0.3) is 0 Å². The van der Waals surface area contributed by atoms with E-state index in [1.807, 2.05) is 11.0 Å². The molecular formula is C19H25N5O2S. The molecule has 2 aliphatic rings. The van der Waals surface area contributed by atoms with Gasteiger partial charge in [-0.25, -0.2) is 0 Å². The lowest BCUT2D eigenvalue weighted by atomic mass is 10.00. The highest BCUT2D eigenvalue weighted by atomic mass is 32.2. The second-order valence-electron chi connectivity index (χ2n) is 6.75. The third-order valence-electron chi connectivity index (χ3n) is 5.12. The first-order chi connectivity index (χ1) is 13.3. The number of carbonyl (C=O) groups is 1. The lowest BCUT2D eigenvalue weighted by Crippen LogP contribution is -2.38. The minimum Gasteiger partial charge on any atom is -0.378 e. The Balaban J connectivity index is 1.39. The van der Waals surface area contributed by atoms with Crippen molar-refractivity contribution in [1.82, 2.24) is 19.7 Å². The number of aromatic nitrogens is 3. The highest BCUT2D eigenvalue weighted by molar-refractivity contribution is 7.99. The summed E-state index contributed by atoms with van der Waals surface area (Å²) in [5.41, 5.74) is 2.61. The average Bonchev–Trinajstić information content (AvgIpc) is 3.15. The number of hydrogen-bond acceptors (Lipinski definition) is 6. The summed E-state index contributed by atoms with van der Waals surface area (Å²) in [6.45, 7) is 7.45. The molecule has 1 aromatic heterocycles. The highest BCUT2D eigenvalue weighted by Gasteiger charge is 2.23. The molecule has 0 bridgehead atoms. The number of anilines is 1. The smallest absolute Gasteiger partial charge is 0.233 e. The molecule has 1 aromatic carbocycles. The second kappa shape index (κ2) is 8.31. The largest absolute Gasteiger partial charge is 0.378 e. The standard InChI is InChI=1S/C19H25N5O2S/c1-2-24-18(22-9-11-26-12-10-22)20-21-19(24)27-14-17(25)23-8-7-15-5-3-4-6-16(15)13-23/h3-6H,2,7-14H2,1H3. The van der Waals surface area contributed by atoms with E-state index in [1.165, 1.54) is 22.9 Å². The fourth-order valence-corrected chi connectivity index (χ4v) is 4.49. The number of ether oxygens (including phenoxy) is 1. The van der Waals surface area contributed by atoms with E-state index in [-0.39, 0.29) is 5.91 Å². The SMILES string of the molecule is CCn1c(SCC(=O)N2CCc3ccccc3C2)nnc1N1CCOCC1. The van der Waals surface area contributed by atoms with Gasteiger partial charge in [0.15, 0.2) is 5.16 Å². The molecule has 0 N–H and O–H groups in total. The highest BCUT2D eigenvalue weighted by Crippen LogP contribution is 2.24. The van der Waals surface area contributed by atoms with Gasteiger partial charge in [-0.1, -0.05) is 36.0 Å². The third-order valence-corrected chi connectivity index (χ3v) is 6.07. The quantitative estimate of drug-likeness (QED) is 0.729. The summed E-state index contributed by atoms with van der Waals surface area (Å²) in [6, 6.07) is 8.38. The van der Waals surface area contributed by atoms with Crippen LogP contribution in [0.15, 0.2) is 29.4 Å². The molecule has 0 aliphatic carbocycles. The molecular weight excluding hydrogens is 362 g/mol. The fourth-order valence-electron chi connectivity index (χ4n) is 3.59. The number of morpholine rings is 1. The van der Waals surface area contributed by atoms with Gasteiger partial charge in [-0.15, -0.1) is 10.2 Å². The Bertz CT molecular complexity index is 803. The van der Waals surface area contributed by atoms with Crippen LogP contribution in [0.5, 0.6) is 0 Å². The predicted octanol–water partition coefficient (Wildman–Crippen LogP) is 1.81. The Morgan fingerprint density at radius 1 is 1.15 bits per heavy atom. The van der Waals surface area contributed by atoms with Crippen LogP contribution >= 0.6 is 11.8 Å². The van der Waals surface area contributed by atoms with E-state index in [1.54, 1.807) is 0 Å². The zero-order chi connectivity index (χ0) is 18.6. The maximum Gasteiger partial charge on any atom is 0.233 e. The van der Waals surface area contributed by atoms with E-state index in [4.69, 9.17) is 4.74 Å². The molecule has 0 saturated carbocycles. The lowest BCUT2D eigenvalue weighted by molar-refractivity contribution is -0.129. The molecule has 4 rings (SSSR count). The van der Waals surface area contributed by atoms with E-state index in [2.05, 4.69) is 44.8 Å². The number of hydrogen-bond donors (Lipinski definition) is 0. The average molecular weight is 388 g/mol. The topological polar surface area (TPSA) is 63.5 Å². The van der Waals surface area contributed by atoms with E-state index in [9.17, 15) is 4.79 Å². The summed E-state index contributed by atoms with van der Waals surface area (Å²) in [7, 11) is 0. The summed E-state index contributed by atoms with van der Waals surface area (Å²) in [4.78, 5) is 16.9. The van der Waals surface area contributed by atoms with Gasteiger partial charge < -0.3 is 14.5 Å². The Morgan fingerprint density at radius 2 is 1.93 bits per heavy atom. The zero-order valence-corrected chi connectivity index (χ0v) is 16.5. The fraction of sp³-hybridized carbons (Fsp3) is 0.526. The second-order valence-corrected chi connectivity index (χ2v) is 7.69. The first-order valence-corrected chi connectivity index (χ1v) is 10.5. The van der Waals surface area contributed by atoms with Gasteiger partial charge in [-0.05, 0) is 24.5 Å². The number of nitrogens with zero attached hydrogens (tertiary/aromatic N) is 5. The third kappa shape index (κ3) is 3.96. The van der Waals surface area contributed by atoms with Crippen LogP contribution in [0.2, 0.25) is 0 Å². The monoisotopic (exact) mass is 387 g/mol. The Labute approximate surface area is 163 Å². The minimum absolute atomic E-state index is 0.160. The van der Waals surface area contributed by atoms with Crippen molar-refractivity contribution in [3.05, 3.63) is 35.4 Å². The number of rotatable bonds is 5. The van der Waals surface area contributed by atoms with E-state index in [0.717, 1.165) is 43.7 Å². The molecule has 0 spiro atoms. The number of amides is 1. The Hall–Kier alpha value is -2.06. The van der Waals surface area contributed by atoms with Gasteiger partial charge >= 0.3 is 0 Å². The van der Waals surface area contributed by atoms with Crippen LogP contribution < -0.4 is 4.90 Å². The minimum atomic E-state index is 0.160. The van der Waals surface area contributed by atoms with Gasteiger partial charge in [-0.3, -0.25) is 9.36 Å². The van der Waals surface area contributed by atoms with E-state index >= 15 is 0 Å². The number of benzene rings is 1. The number of carbonyl (C=O) groups excluding carboxylic acids is 1. The molecule has 0 unspecified atom stereocenters. The van der Waals surface area contributed by atoms with Gasteiger partial charge in [0.2, 0.25) is 11.9 Å². The van der Waals surface area contributed by atoms with Crippen LogP contribution in [0.4, 0.5) is 5.95 Å². The Morgan fingerprint density at radius 3 is 2.70 bits per heavy atom. The van der Waals surface area contributed by atoms with Crippen molar-refractivity contribution < 1.29 is 9.53 Å². The van der Waals surface area contributed by atoms with Gasteiger partial charge in [0.1, 0.15) is 0 Å². The molecule has 27 heavy (non-hydrogen) atoms. The van der Waals surface area contributed by atoms with Crippen LogP contribution in [0.3, 0.4) is 0 Å². The molecule has 1 saturated heterocycles. The summed E-state index contributed by atoms with van der Waals surface area (Å²) in [5.74, 6) is 1.43.